The summed E-state index contributed by atoms with van der Waals surface area (Å²) in [6.07, 6.45) is 2.07. The standard InChI is InChI=1S/C13H24N2O2/c1-5-11-13(17)15(7-6-9(2)3)10(4)8-12(16)14-11/h9-11H,5-8H2,1-4H3,(H,14,16). The molecule has 1 saturated heterocycles. The highest BCUT2D eigenvalue weighted by molar-refractivity contribution is 5.90. The minimum Gasteiger partial charge on any atom is -0.344 e. The minimum absolute atomic E-state index is 0.00949. The lowest BCUT2D eigenvalue weighted by Gasteiger charge is -2.29. The van der Waals surface area contributed by atoms with Gasteiger partial charge in [-0.1, -0.05) is 20.8 Å². The molecule has 98 valence electrons. The van der Waals surface area contributed by atoms with Crippen LogP contribution in [-0.4, -0.2) is 35.3 Å². The number of hydrogen-bond donors (Lipinski definition) is 1. The van der Waals surface area contributed by atoms with Gasteiger partial charge in [0.15, 0.2) is 0 Å². The van der Waals surface area contributed by atoms with Crippen LogP contribution in [0.1, 0.15) is 47.0 Å². The summed E-state index contributed by atoms with van der Waals surface area (Å²) in [5, 5.41) is 2.80. The Bertz CT molecular complexity index is 289. The van der Waals surface area contributed by atoms with Gasteiger partial charge in [0.05, 0.1) is 0 Å². The van der Waals surface area contributed by atoms with Crippen molar-refractivity contribution in [3.63, 3.8) is 0 Å². The number of carbonyl (C=O) groups excluding carboxylic acids is 2. The molecule has 2 amide bonds. The van der Waals surface area contributed by atoms with Crippen molar-refractivity contribution in [3.05, 3.63) is 0 Å². The third kappa shape index (κ3) is 3.72. The van der Waals surface area contributed by atoms with Crippen LogP contribution < -0.4 is 5.32 Å². The van der Waals surface area contributed by atoms with Gasteiger partial charge in [0.2, 0.25) is 11.8 Å². The molecule has 1 aliphatic rings. The molecule has 0 spiro atoms. The number of nitrogens with zero attached hydrogens (tertiary/aromatic N) is 1. The average Bonchev–Trinajstić information content (AvgIpc) is 2.34. The van der Waals surface area contributed by atoms with E-state index in [0.29, 0.717) is 18.8 Å². The first kappa shape index (κ1) is 14.0. The van der Waals surface area contributed by atoms with Crippen LogP contribution in [0.25, 0.3) is 0 Å². The zero-order valence-electron chi connectivity index (χ0n) is 11.3. The van der Waals surface area contributed by atoms with Crippen molar-refractivity contribution in [2.75, 3.05) is 6.54 Å². The van der Waals surface area contributed by atoms with E-state index in [0.717, 1.165) is 13.0 Å². The monoisotopic (exact) mass is 240 g/mol. The van der Waals surface area contributed by atoms with E-state index < -0.39 is 0 Å². The summed E-state index contributed by atoms with van der Waals surface area (Å²) >= 11 is 0. The molecular weight excluding hydrogens is 216 g/mol. The van der Waals surface area contributed by atoms with Crippen LogP contribution in [0.3, 0.4) is 0 Å². The quantitative estimate of drug-likeness (QED) is 0.810. The van der Waals surface area contributed by atoms with E-state index >= 15 is 0 Å². The van der Waals surface area contributed by atoms with Crippen LogP contribution in [0.5, 0.6) is 0 Å². The van der Waals surface area contributed by atoms with Gasteiger partial charge >= 0.3 is 0 Å². The van der Waals surface area contributed by atoms with Gasteiger partial charge in [0.25, 0.3) is 0 Å². The van der Waals surface area contributed by atoms with Crippen molar-refractivity contribution in [3.8, 4) is 0 Å². The second kappa shape index (κ2) is 6.03. The Kier molecular flexibility index (Phi) is 4.97. The van der Waals surface area contributed by atoms with Crippen LogP contribution in [0.2, 0.25) is 0 Å². The molecule has 2 atom stereocenters. The van der Waals surface area contributed by atoms with Gasteiger partial charge in [0, 0.05) is 19.0 Å². The molecule has 1 aliphatic heterocycles. The summed E-state index contributed by atoms with van der Waals surface area (Å²) < 4.78 is 0. The van der Waals surface area contributed by atoms with Crippen molar-refractivity contribution in [1.82, 2.24) is 10.2 Å². The highest BCUT2D eigenvalue weighted by Crippen LogP contribution is 2.15. The Hall–Kier alpha value is -1.06. The Morgan fingerprint density at radius 1 is 1.41 bits per heavy atom. The Morgan fingerprint density at radius 2 is 2.06 bits per heavy atom. The molecule has 0 radical (unpaired) electrons. The van der Waals surface area contributed by atoms with Gasteiger partial charge in [0.1, 0.15) is 6.04 Å². The fourth-order valence-electron chi connectivity index (χ4n) is 2.12. The van der Waals surface area contributed by atoms with E-state index in [4.69, 9.17) is 0 Å². The van der Waals surface area contributed by atoms with E-state index in [-0.39, 0.29) is 23.9 Å². The molecule has 0 aromatic carbocycles. The van der Waals surface area contributed by atoms with Gasteiger partial charge in [-0.25, -0.2) is 0 Å². The van der Waals surface area contributed by atoms with Crippen molar-refractivity contribution < 1.29 is 9.59 Å². The first-order chi connectivity index (χ1) is 7.95. The number of nitrogens with one attached hydrogen (secondary N) is 1. The summed E-state index contributed by atoms with van der Waals surface area (Å²) in [7, 11) is 0. The van der Waals surface area contributed by atoms with Crippen LogP contribution in [0.4, 0.5) is 0 Å². The van der Waals surface area contributed by atoms with E-state index in [9.17, 15) is 9.59 Å². The topological polar surface area (TPSA) is 49.4 Å². The Morgan fingerprint density at radius 3 is 2.59 bits per heavy atom. The second-order valence-corrected chi connectivity index (χ2v) is 5.30. The smallest absolute Gasteiger partial charge is 0.245 e. The number of amides is 2. The molecule has 0 saturated carbocycles. The largest absolute Gasteiger partial charge is 0.344 e. The van der Waals surface area contributed by atoms with E-state index in [1.165, 1.54) is 0 Å². The third-order valence-electron chi connectivity index (χ3n) is 3.28. The summed E-state index contributed by atoms with van der Waals surface area (Å²) in [6, 6.07) is -0.322. The average molecular weight is 240 g/mol. The normalized spacial score (nSPS) is 26.1. The predicted molar refractivity (Wildman–Crippen MR) is 67.5 cm³/mol. The van der Waals surface area contributed by atoms with E-state index in [2.05, 4.69) is 19.2 Å². The first-order valence-electron chi connectivity index (χ1n) is 6.55. The van der Waals surface area contributed by atoms with Gasteiger partial charge in [-0.2, -0.15) is 0 Å². The highest BCUT2D eigenvalue weighted by Gasteiger charge is 2.32. The summed E-state index contributed by atoms with van der Waals surface area (Å²) in [5.74, 6) is 0.637. The van der Waals surface area contributed by atoms with Gasteiger partial charge < -0.3 is 10.2 Å². The van der Waals surface area contributed by atoms with Crippen LogP contribution in [-0.2, 0) is 9.59 Å². The van der Waals surface area contributed by atoms with Crippen LogP contribution in [0, 0.1) is 5.92 Å². The summed E-state index contributed by atoms with van der Waals surface area (Å²) in [5.41, 5.74) is 0. The number of hydrogen-bond acceptors (Lipinski definition) is 2. The third-order valence-corrected chi connectivity index (χ3v) is 3.28. The van der Waals surface area contributed by atoms with Gasteiger partial charge in [-0.3, -0.25) is 9.59 Å². The lowest BCUT2D eigenvalue weighted by molar-refractivity contribution is -0.135. The second-order valence-electron chi connectivity index (χ2n) is 5.30. The highest BCUT2D eigenvalue weighted by atomic mass is 16.2. The summed E-state index contributed by atoms with van der Waals surface area (Å²) in [6.45, 7) is 8.93. The van der Waals surface area contributed by atoms with E-state index in [1.54, 1.807) is 0 Å². The van der Waals surface area contributed by atoms with E-state index in [1.807, 2.05) is 18.7 Å². The summed E-state index contributed by atoms with van der Waals surface area (Å²) in [4.78, 5) is 25.7. The molecule has 0 aromatic rings. The maximum Gasteiger partial charge on any atom is 0.245 e. The lowest BCUT2D eigenvalue weighted by Crippen LogP contribution is -2.46. The lowest BCUT2D eigenvalue weighted by atomic mass is 10.1. The maximum atomic E-state index is 12.3. The van der Waals surface area contributed by atoms with Crippen molar-refractivity contribution in [2.24, 2.45) is 5.92 Å². The molecule has 4 nitrogen and oxygen atoms in total. The molecule has 0 aromatic heterocycles. The molecule has 1 heterocycles. The fourth-order valence-corrected chi connectivity index (χ4v) is 2.12. The molecule has 1 fully saturated rings. The SMILES string of the molecule is CCC1NC(=O)CC(C)N(CCC(C)C)C1=O. The van der Waals surface area contributed by atoms with Crippen LogP contribution >= 0.6 is 0 Å². The van der Waals surface area contributed by atoms with Crippen LogP contribution in [0.15, 0.2) is 0 Å². The minimum atomic E-state index is -0.334. The van der Waals surface area contributed by atoms with Gasteiger partial charge in [-0.15, -0.1) is 0 Å². The molecule has 1 N–H and O–H groups in total. The molecule has 0 aliphatic carbocycles. The molecule has 4 heteroatoms. The number of carbonyl (C=O) groups is 2. The Balaban J connectivity index is 2.75. The zero-order valence-corrected chi connectivity index (χ0v) is 11.3. The predicted octanol–water partition coefficient (Wildman–Crippen LogP) is 1.55. The number of rotatable bonds is 4. The van der Waals surface area contributed by atoms with Crippen molar-refractivity contribution in [1.29, 1.82) is 0 Å². The molecule has 2 unspecified atom stereocenters. The molecule has 1 rings (SSSR count). The fraction of sp³-hybridized carbons (Fsp3) is 0.846. The molecular formula is C13H24N2O2. The van der Waals surface area contributed by atoms with Gasteiger partial charge in [-0.05, 0) is 25.7 Å². The van der Waals surface area contributed by atoms with Crippen molar-refractivity contribution >= 4 is 11.8 Å². The van der Waals surface area contributed by atoms with Crippen molar-refractivity contribution in [2.45, 2.75) is 59.0 Å². The molecule has 17 heavy (non-hydrogen) atoms. The molecule has 0 bridgehead atoms. The first-order valence-corrected chi connectivity index (χ1v) is 6.55. The Labute approximate surface area is 104 Å². The maximum absolute atomic E-state index is 12.3. The zero-order chi connectivity index (χ0) is 13.0.